The van der Waals surface area contributed by atoms with Crippen LogP contribution < -0.4 is 4.74 Å². The minimum absolute atomic E-state index is 0.318. The number of hydrogen-bond donors (Lipinski definition) is 0. The molecule has 0 aliphatic rings. The second kappa shape index (κ2) is 4.45. The van der Waals surface area contributed by atoms with Gasteiger partial charge in [-0.2, -0.15) is 0 Å². The Hall–Kier alpha value is -2.04. The summed E-state index contributed by atoms with van der Waals surface area (Å²) in [5.74, 6) is 0.606. The minimum atomic E-state index is -0.429. The van der Waals surface area contributed by atoms with Gasteiger partial charge < -0.3 is 14.0 Å². The number of benzene rings is 1. The highest BCUT2D eigenvalue weighted by atomic mass is 16.5. The van der Waals surface area contributed by atoms with Crippen molar-refractivity contribution in [2.24, 2.45) is 0 Å². The van der Waals surface area contributed by atoms with E-state index in [9.17, 15) is 4.79 Å². The summed E-state index contributed by atoms with van der Waals surface area (Å²) in [5, 5.41) is 0. The number of nitrogens with zero attached hydrogens (tertiary/aromatic N) is 2. The van der Waals surface area contributed by atoms with Crippen LogP contribution in [-0.2, 0) is 11.3 Å². The van der Waals surface area contributed by atoms with Crippen LogP contribution in [0.4, 0.5) is 0 Å². The van der Waals surface area contributed by atoms with Gasteiger partial charge in [-0.25, -0.2) is 9.78 Å². The molecule has 2 rings (SSSR count). The molecule has 5 nitrogen and oxygen atoms in total. The molecule has 0 aliphatic heterocycles. The Bertz CT molecular complexity index is 560. The van der Waals surface area contributed by atoms with Crippen LogP contribution in [0.1, 0.15) is 17.5 Å². The molecule has 0 saturated heterocycles. The van der Waals surface area contributed by atoms with Gasteiger partial charge in [0.1, 0.15) is 5.75 Å². The summed E-state index contributed by atoms with van der Waals surface area (Å²) in [5.41, 5.74) is 1.63. The molecule has 0 saturated carbocycles. The molecule has 0 fully saturated rings. The molecule has 0 unspecified atom stereocenters. The quantitative estimate of drug-likeness (QED) is 0.760. The molecule has 17 heavy (non-hydrogen) atoms. The molecule has 1 heterocycles. The fourth-order valence-corrected chi connectivity index (χ4v) is 1.80. The fourth-order valence-electron chi connectivity index (χ4n) is 1.80. The number of methoxy groups -OCH3 is 2. The molecule has 5 heteroatoms. The Kier molecular flexibility index (Phi) is 2.99. The Labute approximate surface area is 99.0 Å². The van der Waals surface area contributed by atoms with E-state index in [1.165, 1.54) is 7.11 Å². The van der Waals surface area contributed by atoms with E-state index < -0.39 is 5.97 Å². The van der Waals surface area contributed by atoms with E-state index in [0.29, 0.717) is 12.4 Å². The summed E-state index contributed by atoms with van der Waals surface area (Å²) < 4.78 is 11.7. The maximum atomic E-state index is 11.6. The van der Waals surface area contributed by atoms with Gasteiger partial charge in [0.2, 0.25) is 5.82 Å². The Morgan fingerprint density at radius 2 is 2.18 bits per heavy atom. The highest BCUT2D eigenvalue weighted by Crippen LogP contribution is 2.22. The van der Waals surface area contributed by atoms with E-state index in [0.717, 1.165) is 16.8 Å². The van der Waals surface area contributed by atoms with Gasteiger partial charge in [-0.1, -0.05) is 0 Å². The number of aryl methyl sites for hydroxylation is 1. The number of fused-ring (bicyclic) bond motifs is 1. The molecule has 0 spiro atoms. The third kappa shape index (κ3) is 1.84. The average molecular weight is 234 g/mol. The fraction of sp³-hybridized carbons (Fsp3) is 0.333. The van der Waals surface area contributed by atoms with Gasteiger partial charge in [0.25, 0.3) is 0 Å². The zero-order valence-electron chi connectivity index (χ0n) is 10.1. The summed E-state index contributed by atoms with van der Waals surface area (Å²) in [6, 6.07) is 5.53. The summed E-state index contributed by atoms with van der Waals surface area (Å²) in [4.78, 5) is 15.9. The molecule has 90 valence electrons. The minimum Gasteiger partial charge on any atom is -0.497 e. The molecule has 1 aromatic carbocycles. The van der Waals surface area contributed by atoms with E-state index >= 15 is 0 Å². The van der Waals surface area contributed by atoms with Crippen LogP contribution in [0.25, 0.3) is 11.0 Å². The molecule has 0 bridgehead atoms. The summed E-state index contributed by atoms with van der Waals surface area (Å²) in [7, 11) is 2.95. The van der Waals surface area contributed by atoms with E-state index in [-0.39, 0.29) is 0 Å². The third-order valence-corrected chi connectivity index (χ3v) is 2.64. The van der Waals surface area contributed by atoms with Crippen molar-refractivity contribution >= 4 is 17.0 Å². The lowest BCUT2D eigenvalue weighted by Gasteiger charge is -2.04. The van der Waals surface area contributed by atoms with Gasteiger partial charge >= 0.3 is 5.97 Å². The number of ether oxygens (including phenoxy) is 2. The van der Waals surface area contributed by atoms with Crippen LogP contribution in [-0.4, -0.2) is 29.7 Å². The van der Waals surface area contributed by atoms with Gasteiger partial charge in [-0.3, -0.25) is 0 Å². The van der Waals surface area contributed by atoms with Crippen molar-refractivity contribution in [3.63, 3.8) is 0 Å². The smallest absolute Gasteiger partial charge is 0.374 e. The molecule has 0 amide bonds. The molecule has 1 aromatic heterocycles. The zero-order chi connectivity index (χ0) is 12.4. The summed E-state index contributed by atoms with van der Waals surface area (Å²) in [6.45, 7) is 2.62. The highest BCUT2D eigenvalue weighted by molar-refractivity contribution is 5.91. The maximum absolute atomic E-state index is 11.6. The van der Waals surface area contributed by atoms with Crippen LogP contribution in [0, 0.1) is 0 Å². The van der Waals surface area contributed by atoms with Crippen LogP contribution in [0.15, 0.2) is 18.2 Å². The standard InChI is InChI=1S/C12H14N2O3/c1-4-14-10-6-5-8(16-2)7-9(10)13-11(14)12(15)17-3/h5-7H,4H2,1-3H3. The van der Waals surface area contributed by atoms with E-state index in [2.05, 4.69) is 4.98 Å². The molecule has 0 atom stereocenters. The topological polar surface area (TPSA) is 53.4 Å². The highest BCUT2D eigenvalue weighted by Gasteiger charge is 2.17. The van der Waals surface area contributed by atoms with Crippen LogP contribution in [0.3, 0.4) is 0 Å². The monoisotopic (exact) mass is 234 g/mol. The first-order valence-electron chi connectivity index (χ1n) is 5.33. The lowest BCUT2D eigenvalue weighted by molar-refractivity contribution is 0.0582. The number of imidazole rings is 1. The molecular formula is C12H14N2O3. The summed E-state index contributed by atoms with van der Waals surface area (Å²) in [6.07, 6.45) is 0. The SMILES string of the molecule is CCn1c(C(=O)OC)nc2cc(OC)ccc21. The molecule has 2 aromatic rings. The number of esters is 1. The molecular weight excluding hydrogens is 220 g/mol. The number of carbonyl (C=O) groups excluding carboxylic acids is 1. The lowest BCUT2D eigenvalue weighted by atomic mass is 10.3. The Balaban J connectivity index is 2.65. The maximum Gasteiger partial charge on any atom is 0.374 e. The first-order chi connectivity index (χ1) is 8.21. The lowest BCUT2D eigenvalue weighted by Crippen LogP contribution is -2.10. The van der Waals surface area contributed by atoms with Gasteiger partial charge in [-0.05, 0) is 19.1 Å². The molecule has 0 aliphatic carbocycles. The first kappa shape index (κ1) is 11.4. The van der Waals surface area contributed by atoms with Gasteiger partial charge in [0, 0.05) is 12.6 Å². The number of hydrogen-bond acceptors (Lipinski definition) is 4. The van der Waals surface area contributed by atoms with Crippen LogP contribution >= 0.6 is 0 Å². The van der Waals surface area contributed by atoms with Crippen molar-refractivity contribution in [3.8, 4) is 5.75 Å². The van der Waals surface area contributed by atoms with Crippen LogP contribution in [0.5, 0.6) is 5.75 Å². The van der Waals surface area contributed by atoms with E-state index in [1.54, 1.807) is 13.2 Å². The second-order valence-corrected chi connectivity index (χ2v) is 3.53. The van der Waals surface area contributed by atoms with Crippen molar-refractivity contribution in [2.45, 2.75) is 13.5 Å². The van der Waals surface area contributed by atoms with Crippen molar-refractivity contribution in [2.75, 3.05) is 14.2 Å². The number of carbonyl (C=O) groups is 1. The first-order valence-corrected chi connectivity index (χ1v) is 5.33. The zero-order valence-corrected chi connectivity index (χ0v) is 10.1. The number of rotatable bonds is 3. The van der Waals surface area contributed by atoms with Crippen LogP contribution in [0.2, 0.25) is 0 Å². The predicted molar refractivity (Wildman–Crippen MR) is 63.3 cm³/mol. The Morgan fingerprint density at radius 3 is 2.76 bits per heavy atom. The van der Waals surface area contributed by atoms with Gasteiger partial charge in [-0.15, -0.1) is 0 Å². The Morgan fingerprint density at radius 1 is 1.41 bits per heavy atom. The largest absolute Gasteiger partial charge is 0.497 e. The molecule has 0 N–H and O–H groups in total. The van der Waals surface area contributed by atoms with E-state index in [1.807, 2.05) is 23.6 Å². The third-order valence-electron chi connectivity index (χ3n) is 2.64. The van der Waals surface area contributed by atoms with Gasteiger partial charge in [0.05, 0.1) is 25.3 Å². The second-order valence-electron chi connectivity index (χ2n) is 3.53. The average Bonchev–Trinajstić information content (AvgIpc) is 2.74. The van der Waals surface area contributed by atoms with Crippen molar-refractivity contribution in [3.05, 3.63) is 24.0 Å². The molecule has 0 radical (unpaired) electrons. The summed E-state index contributed by atoms with van der Waals surface area (Å²) >= 11 is 0. The van der Waals surface area contributed by atoms with Crippen molar-refractivity contribution in [1.29, 1.82) is 0 Å². The van der Waals surface area contributed by atoms with Crippen molar-refractivity contribution in [1.82, 2.24) is 9.55 Å². The van der Waals surface area contributed by atoms with Crippen molar-refractivity contribution < 1.29 is 14.3 Å². The number of aromatic nitrogens is 2. The normalized spacial score (nSPS) is 10.5. The predicted octanol–water partition coefficient (Wildman–Crippen LogP) is 1.85. The van der Waals surface area contributed by atoms with Gasteiger partial charge in [0.15, 0.2) is 0 Å². The van der Waals surface area contributed by atoms with E-state index in [4.69, 9.17) is 9.47 Å².